The van der Waals surface area contributed by atoms with E-state index >= 15 is 0 Å². The van der Waals surface area contributed by atoms with Crippen molar-refractivity contribution < 1.29 is 14.6 Å². The quantitative estimate of drug-likeness (QED) is 0.532. The SMILES string of the molecule is CCNC(=NCc1cccc(OC)c1)NCc1ccc(OC)c(O)c1. The maximum absolute atomic E-state index is 9.85. The number of benzene rings is 2. The average Bonchev–Trinajstić information content (AvgIpc) is 2.64. The summed E-state index contributed by atoms with van der Waals surface area (Å²) >= 11 is 0. The van der Waals surface area contributed by atoms with Gasteiger partial charge >= 0.3 is 0 Å². The summed E-state index contributed by atoms with van der Waals surface area (Å²) in [4.78, 5) is 4.58. The second-order valence-electron chi connectivity index (χ2n) is 5.41. The number of guanidine groups is 1. The summed E-state index contributed by atoms with van der Waals surface area (Å²) in [5.41, 5.74) is 2.00. The van der Waals surface area contributed by atoms with Gasteiger partial charge in [0.05, 0.1) is 20.8 Å². The van der Waals surface area contributed by atoms with Gasteiger partial charge in [-0.15, -0.1) is 0 Å². The number of methoxy groups -OCH3 is 2. The van der Waals surface area contributed by atoms with E-state index in [9.17, 15) is 5.11 Å². The van der Waals surface area contributed by atoms with Gasteiger partial charge in [-0.1, -0.05) is 18.2 Å². The van der Waals surface area contributed by atoms with Crippen LogP contribution in [0.1, 0.15) is 18.1 Å². The molecule has 0 unspecified atom stereocenters. The molecule has 0 fully saturated rings. The molecule has 0 bridgehead atoms. The Kier molecular flexibility index (Phi) is 6.95. The summed E-state index contributed by atoms with van der Waals surface area (Å²) < 4.78 is 10.3. The molecule has 0 atom stereocenters. The van der Waals surface area contributed by atoms with E-state index < -0.39 is 0 Å². The number of hydrogen-bond donors (Lipinski definition) is 3. The Morgan fingerprint density at radius 1 is 1.04 bits per heavy atom. The largest absolute Gasteiger partial charge is 0.504 e. The van der Waals surface area contributed by atoms with Crippen molar-refractivity contribution in [2.45, 2.75) is 20.0 Å². The Bertz CT molecular complexity index is 717. The van der Waals surface area contributed by atoms with Crippen molar-refractivity contribution in [2.24, 2.45) is 4.99 Å². The van der Waals surface area contributed by atoms with Crippen molar-refractivity contribution in [1.82, 2.24) is 10.6 Å². The van der Waals surface area contributed by atoms with E-state index in [-0.39, 0.29) is 5.75 Å². The van der Waals surface area contributed by atoms with Crippen LogP contribution in [0.3, 0.4) is 0 Å². The second kappa shape index (κ2) is 9.42. The summed E-state index contributed by atoms with van der Waals surface area (Å²) in [6.07, 6.45) is 0. The van der Waals surface area contributed by atoms with Gasteiger partial charge in [-0.3, -0.25) is 0 Å². The molecule has 0 amide bonds. The average molecular weight is 343 g/mol. The van der Waals surface area contributed by atoms with Crippen LogP contribution < -0.4 is 20.1 Å². The third-order valence-electron chi connectivity index (χ3n) is 3.60. The number of rotatable bonds is 7. The first-order valence-corrected chi connectivity index (χ1v) is 8.17. The summed E-state index contributed by atoms with van der Waals surface area (Å²) in [6, 6.07) is 13.2. The van der Waals surface area contributed by atoms with Crippen LogP contribution in [0.2, 0.25) is 0 Å². The Morgan fingerprint density at radius 2 is 1.88 bits per heavy atom. The standard InChI is InChI=1S/C19H25N3O3/c1-4-20-19(21-12-14-6-5-7-16(10-14)24-2)22-13-15-8-9-18(25-3)17(23)11-15/h5-11,23H,4,12-13H2,1-3H3,(H2,20,21,22). The normalized spacial score (nSPS) is 11.1. The predicted molar refractivity (Wildman–Crippen MR) is 99.3 cm³/mol. The first-order chi connectivity index (χ1) is 12.2. The number of phenols is 1. The molecule has 3 N–H and O–H groups in total. The Balaban J connectivity index is 2.00. The van der Waals surface area contributed by atoms with Crippen molar-refractivity contribution >= 4 is 5.96 Å². The Labute approximate surface area is 148 Å². The van der Waals surface area contributed by atoms with Gasteiger partial charge in [0.25, 0.3) is 0 Å². The number of nitrogens with one attached hydrogen (secondary N) is 2. The number of ether oxygens (including phenoxy) is 2. The van der Waals surface area contributed by atoms with Gasteiger partial charge in [-0.25, -0.2) is 4.99 Å². The number of aromatic hydroxyl groups is 1. The van der Waals surface area contributed by atoms with Gasteiger partial charge in [-0.05, 0) is 42.3 Å². The molecule has 0 saturated heterocycles. The van der Waals surface area contributed by atoms with Crippen LogP contribution in [-0.2, 0) is 13.1 Å². The Morgan fingerprint density at radius 3 is 2.56 bits per heavy atom. The molecule has 2 aromatic carbocycles. The number of hydrogen-bond acceptors (Lipinski definition) is 4. The highest BCUT2D eigenvalue weighted by Crippen LogP contribution is 2.26. The third kappa shape index (κ3) is 5.60. The van der Waals surface area contributed by atoms with Crippen molar-refractivity contribution in [3.05, 3.63) is 53.6 Å². The predicted octanol–water partition coefficient (Wildman–Crippen LogP) is 2.66. The molecule has 25 heavy (non-hydrogen) atoms. The summed E-state index contributed by atoms with van der Waals surface area (Å²) in [6.45, 7) is 3.86. The summed E-state index contributed by atoms with van der Waals surface area (Å²) in [5, 5.41) is 16.3. The van der Waals surface area contributed by atoms with Crippen LogP contribution >= 0.6 is 0 Å². The van der Waals surface area contributed by atoms with E-state index in [2.05, 4.69) is 15.6 Å². The zero-order valence-electron chi connectivity index (χ0n) is 14.9. The topological polar surface area (TPSA) is 75.1 Å². The number of phenolic OH excluding ortho intramolecular Hbond substituents is 1. The van der Waals surface area contributed by atoms with Crippen LogP contribution in [0.4, 0.5) is 0 Å². The molecule has 0 saturated carbocycles. The van der Waals surface area contributed by atoms with E-state index in [0.29, 0.717) is 24.8 Å². The van der Waals surface area contributed by atoms with Gasteiger partial charge in [0.2, 0.25) is 0 Å². The minimum absolute atomic E-state index is 0.125. The minimum atomic E-state index is 0.125. The van der Waals surface area contributed by atoms with E-state index in [1.54, 1.807) is 19.2 Å². The van der Waals surface area contributed by atoms with E-state index in [4.69, 9.17) is 9.47 Å². The molecule has 2 rings (SSSR count). The van der Waals surface area contributed by atoms with Gasteiger partial charge in [0, 0.05) is 13.1 Å². The van der Waals surface area contributed by atoms with Gasteiger partial charge in [-0.2, -0.15) is 0 Å². The molecular formula is C19H25N3O3. The summed E-state index contributed by atoms with van der Waals surface area (Å²) in [5.74, 6) is 2.11. The van der Waals surface area contributed by atoms with Crippen molar-refractivity contribution in [2.75, 3.05) is 20.8 Å². The zero-order chi connectivity index (χ0) is 18.1. The van der Waals surface area contributed by atoms with E-state index in [0.717, 1.165) is 23.4 Å². The van der Waals surface area contributed by atoms with Crippen LogP contribution in [0.15, 0.2) is 47.5 Å². The van der Waals surface area contributed by atoms with Gasteiger partial charge in [0.1, 0.15) is 5.75 Å². The fraction of sp³-hybridized carbons (Fsp3) is 0.316. The lowest BCUT2D eigenvalue weighted by Gasteiger charge is -2.12. The van der Waals surface area contributed by atoms with Crippen LogP contribution in [0.25, 0.3) is 0 Å². The first-order valence-electron chi connectivity index (χ1n) is 8.17. The molecular weight excluding hydrogens is 318 g/mol. The van der Waals surface area contributed by atoms with Crippen molar-refractivity contribution in [3.8, 4) is 17.2 Å². The molecule has 0 spiro atoms. The first kappa shape index (κ1) is 18.4. The maximum atomic E-state index is 9.85. The summed E-state index contributed by atoms with van der Waals surface area (Å²) in [7, 11) is 3.18. The molecule has 0 radical (unpaired) electrons. The third-order valence-corrected chi connectivity index (χ3v) is 3.60. The van der Waals surface area contributed by atoms with Gasteiger partial charge in [0.15, 0.2) is 17.5 Å². The number of nitrogens with zero attached hydrogens (tertiary/aromatic N) is 1. The fourth-order valence-electron chi connectivity index (χ4n) is 2.31. The minimum Gasteiger partial charge on any atom is -0.504 e. The molecule has 134 valence electrons. The molecule has 0 aliphatic carbocycles. The molecule has 2 aromatic rings. The lowest BCUT2D eigenvalue weighted by molar-refractivity contribution is 0.373. The highest BCUT2D eigenvalue weighted by atomic mass is 16.5. The highest BCUT2D eigenvalue weighted by Gasteiger charge is 2.04. The molecule has 0 aromatic heterocycles. The van der Waals surface area contributed by atoms with Crippen molar-refractivity contribution in [3.63, 3.8) is 0 Å². The van der Waals surface area contributed by atoms with Crippen LogP contribution in [0, 0.1) is 0 Å². The number of aliphatic imine (C=N–C) groups is 1. The van der Waals surface area contributed by atoms with Crippen LogP contribution in [-0.4, -0.2) is 31.8 Å². The molecule has 6 nitrogen and oxygen atoms in total. The molecule has 0 aliphatic rings. The van der Waals surface area contributed by atoms with Crippen LogP contribution in [0.5, 0.6) is 17.2 Å². The monoisotopic (exact) mass is 343 g/mol. The fourth-order valence-corrected chi connectivity index (χ4v) is 2.31. The molecule has 0 heterocycles. The Hall–Kier alpha value is -2.89. The highest BCUT2D eigenvalue weighted by molar-refractivity contribution is 5.79. The lowest BCUT2D eigenvalue weighted by atomic mass is 10.2. The van der Waals surface area contributed by atoms with Crippen molar-refractivity contribution in [1.29, 1.82) is 0 Å². The smallest absolute Gasteiger partial charge is 0.191 e. The van der Waals surface area contributed by atoms with E-state index in [1.807, 2.05) is 37.3 Å². The maximum Gasteiger partial charge on any atom is 0.191 e. The second-order valence-corrected chi connectivity index (χ2v) is 5.41. The molecule has 6 heteroatoms. The zero-order valence-corrected chi connectivity index (χ0v) is 14.9. The molecule has 0 aliphatic heterocycles. The lowest BCUT2D eigenvalue weighted by Crippen LogP contribution is -2.36. The van der Waals surface area contributed by atoms with E-state index in [1.165, 1.54) is 7.11 Å². The van der Waals surface area contributed by atoms with Gasteiger partial charge < -0.3 is 25.2 Å².